The van der Waals surface area contributed by atoms with Gasteiger partial charge in [-0.25, -0.2) is 4.79 Å². The highest BCUT2D eigenvalue weighted by Crippen LogP contribution is 2.55. The number of hydrogen-bond acceptors (Lipinski definition) is 3. The maximum atomic E-state index is 12.6. The molecule has 0 aliphatic carbocycles. The van der Waals surface area contributed by atoms with Crippen molar-refractivity contribution in [2.24, 2.45) is 0 Å². The van der Waals surface area contributed by atoms with Crippen molar-refractivity contribution in [3.05, 3.63) is 119 Å². The van der Waals surface area contributed by atoms with Crippen LogP contribution in [0.3, 0.4) is 0 Å². The third-order valence-corrected chi connectivity index (χ3v) is 11.4. The Morgan fingerprint density at radius 3 is 1.89 bits per heavy atom. The molecule has 1 aliphatic heterocycles. The van der Waals surface area contributed by atoms with Crippen LogP contribution in [0.2, 0.25) is 0 Å². The average Bonchev–Trinajstić information content (AvgIpc) is 3.20. The fourth-order valence-corrected chi connectivity index (χ4v) is 9.38. The van der Waals surface area contributed by atoms with E-state index in [-0.39, 0.29) is 11.7 Å². The first-order valence-corrected chi connectivity index (χ1v) is 13.9. The molecule has 2 aromatic heterocycles. The number of H-pyrrole nitrogens is 1. The summed E-state index contributed by atoms with van der Waals surface area (Å²) in [5.41, 5.74) is 2.60. The standard InChI is InChI=1S/C29H26N3O2P/c33-29-31-27-19-30-22(18-28(27)32(29)23-20-34-21-23)16-17-35(24-10-4-1-5-11-24,25-12-6-2-7-13-25)26-14-8-3-9-15-26/h1-15,18-19,23H,16-17,20-21H2/p+1. The number of imidazole rings is 1. The SMILES string of the molecule is O=c1[nH]c2cnc(CC[P+](c3ccccc3)(c3ccccc3)c3ccccc3)cc2n1C1COC1. The lowest BCUT2D eigenvalue weighted by Gasteiger charge is -2.28. The number of rotatable bonds is 7. The van der Waals surface area contributed by atoms with E-state index in [9.17, 15) is 4.79 Å². The monoisotopic (exact) mass is 480 g/mol. The number of benzene rings is 3. The van der Waals surface area contributed by atoms with Gasteiger partial charge in [-0.2, -0.15) is 0 Å². The molecule has 0 unspecified atom stereocenters. The van der Waals surface area contributed by atoms with Crippen LogP contribution in [0, 0.1) is 0 Å². The van der Waals surface area contributed by atoms with Crippen molar-refractivity contribution >= 4 is 34.2 Å². The number of nitrogens with one attached hydrogen (secondary N) is 1. The van der Waals surface area contributed by atoms with Crippen LogP contribution in [0.15, 0.2) is 108 Å². The van der Waals surface area contributed by atoms with Gasteiger partial charge in [-0.05, 0) is 42.5 Å². The molecule has 5 nitrogen and oxygen atoms in total. The Morgan fingerprint density at radius 2 is 1.40 bits per heavy atom. The maximum Gasteiger partial charge on any atom is 0.326 e. The highest BCUT2D eigenvalue weighted by molar-refractivity contribution is 7.95. The number of aromatic amines is 1. The lowest BCUT2D eigenvalue weighted by molar-refractivity contribution is -0.0229. The van der Waals surface area contributed by atoms with Crippen LogP contribution in [-0.2, 0) is 11.2 Å². The Labute approximate surface area is 204 Å². The predicted molar refractivity (Wildman–Crippen MR) is 144 cm³/mol. The fraction of sp³-hybridized carbons (Fsp3) is 0.172. The summed E-state index contributed by atoms with van der Waals surface area (Å²) in [6.07, 6.45) is 3.56. The third kappa shape index (κ3) is 3.91. The molecular weight excluding hydrogens is 453 g/mol. The number of hydrogen-bond donors (Lipinski definition) is 1. The summed E-state index contributed by atoms with van der Waals surface area (Å²) >= 11 is 0. The summed E-state index contributed by atoms with van der Waals surface area (Å²) in [6, 6.07) is 34.9. The first kappa shape index (κ1) is 22.0. The number of aromatic nitrogens is 3. The second kappa shape index (κ2) is 9.26. The van der Waals surface area contributed by atoms with Gasteiger partial charge < -0.3 is 9.72 Å². The van der Waals surface area contributed by atoms with Gasteiger partial charge in [-0.15, -0.1) is 0 Å². The van der Waals surface area contributed by atoms with Gasteiger partial charge in [0.05, 0.1) is 42.6 Å². The number of pyridine rings is 1. The molecule has 0 radical (unpaired) electrons. The zero-order valence-corrected chi connectivity index (χ0v) is 20.3. The van der Waals surface area contributed by atoms with Crippen molar-refractivity contribution in [1.82, 2.24) is 14.5 Å². The molecule has 0 spiro atoms. The Bertz CT molecular complexity index is 1400. The van der Waals surface area contributed by atoms with Crippen molar-refractivity contribution in [3.8, 4) is 0 Å². The van der Waals surface area contributed by atoms with Crippen LogP contribution in [0.5, 0.6) is 0 Å². The summed E-state index contributed by atoms with van der Waals surface area (Å²) in [7, 11) is -1.94. The number of aryl methyl sites for hydroxylation is 1. The molecule has 1 N–H and O–H groups in total. The zero-order chi connectivity index (χ0) is 23.7. The van der Waals surface area contributed by atoms with E-state index in [1.165, 1.54) is 15.9 Å². The maximum absolute atomic E-state index is 12.6. The first-order chi connectivity index (χ1) is 17.3. The van der Waals surface area contributed by atoms with Crippen LogP contribution < -0.4 is 21.6 Å². The number of fused-ring (bicyclic) bond motifs is 1. The summed E-state index contributed by atoms with van der Waals surface area (Å²) in [6.45, 7) is 1.16. The first-order valence-electron chi connectivity index (χ1n) is 12.0. The minimum absolute atomic E-state index is 0.0908. The fourth-order valence-electron chi connectivity index (χ4n) is 5.10. The molecule has 35 heavy (non-hydrogen) atoms. The summed E-state index contributed by atoms with van der Waals surface area (Å²) in [5.74, 6) is 0. The lowest BCUT2D eigenvalue weighted by atomic mass is 10.2. The van der Waals surface area contributed by atoms with Gasteiger partial charge in [0.1, 0.15) is 23.2 Å². The van der Waals surface area contributed by atoms with Crippen molar-refractivity contribution in [3.63, 3.8) is 0 Å². The Morgan fingerprint density at radius 1 is 0.857 bits per heavy atom. The molecule has 0 amide bonds. The van der Waals surface area contributed by atoms with Crippen LogP contribution in [0.25, 0.3) is 11.0 Å². The van der Waals surface area contributed by atoms with Gasteiger partial charge >= 0.3 is 5.69 Å². The van der Waals surface area contributed by atoms with Crippen LogP contribution in [-0.4, -0.2) is 33.9 Å². The van der Waals surface area contributed by atoms with Crippen LogP contribution >= 0.6 is 7.26 Å². The van der Waals surface area contributed by atoms with Gasteiger partial charge in [-0.1, -0.05) is 54.6 Å². The van der Waals surface area contributed by atoms with Crippen LogP contribution in [0.4, 0.5) is 0 Å². The molecule has 3 heterocycles. The Kier molecular flexibility index (Phi) is 5.81. The van der Waals surface area contributed by atoms with E-state index in [1.54, 1.807) is 6.20 Å². The number of ether oxygens (including phenoxy) is 1. The van der Waals surface area contributed by atoms with E-state index in [2.05, 4.69) is 102 Å². The highest BCUT2D eigenvalue weighted by atomic mass is 31.2. The summed E-state index contributed by atoms with van der Waals surface area (Å²) < 4.78 is 7.18. The van der Waals surface area contributed by atoms with E-state index in [0.29, 0.717) is 13.2 Å². The van der Waals surface area contributed by atoms with E-state index in [1.807, 2.05) is 4.57 Å². The van der Waals surface area contributed by atoms with E-state index in [0.717, 1.165) is 29.3 Å². The van der Waals surface area contributed by atoms with E-state index >= 15 is 0 Å². The summed E-state index contributed by atoms with van der Waals surface area (Å²) in [5, 5.41) is 4.09. The van der Waals surface area contributed by atoms with Gasteiger partial charge in [0.15, 0.2) is 0 Å². The van der Waals surface area contributed by atoms with Crippen molar-refractivity contribution < 1.29 is 4.74 Å². The predicted octanol–water partition coefficient (Wildman–Crippen LogP) is 3.83. The minimum Gasteiger partial charge on any atom is -0.377 e. The van der Waals surface area contributed by atoms with Gasteiger partial charge in [-0.3, -0.25) is 9.55 Å². The molecule has 6 rings (SSSR count). The molecule has 0 bridgehead atoms. The van der Waals surface area contributed by atoms with Crippen molar-refractivity contribution in [1.29, 1.82) is 0 Å². The largest absolute Gasteiger partial charge is 0.377 e. The summed E-state index contributed by atoms with van der Waals surface area (Å²) in [4.78, 5) is 20.3. The van der Waals surface area contributed by atoms with E-state index in [4.69, 9.17) is 9.72 Å². The molecule has 1 fully saturated rings. The van der Waals surface area contributed by atoms with Crippen molar-refractivity contribution in [2.45, 2.75) is 12.5 Å². The molecule has 0 atom stereocenters. The topological polar surface area (TPSA) is 59.9 Å². The highest BCUT2D eigenvalue weighted by Gasteiger charge is 2.44. The lowest BCUT2D eigenvalue weighted by Crippen LogP contribution is -2.36. The molecule has 6 heteroatoms. The average molecular weight is 481 g/mol. The smallest absolute Gasteiger partial charge is 0.326 e. The number of nitrogens with zero attached hydrogens (tertiary/aromatic N) is 2. The second-order valence-corrected chi connectivity index (χ2v) is 12.6. The quantitative estimate of drug-likeness (QED) is 0.360. The normalized spacial score (nSPS) is 14.2. The van der Waals surface area contributed by atoms with Gasteiger partial charge in [0, 0.05) is 12.1 Å². The Hall–Kier alpha value is -3.53. The molecule has 1 aliphatic rings. The molecule has 1 saturated heterocycles. The van der Waals surface area contributed by atoms with Crippen LogP contribution in [0.1, 0.15) is 11.7 Å². The molecular formula is C29H27N3O2P+. The second-order valence-electron chi connectivity index (χ2n) is 8.97. The molecule has 5 aromatic rings. The zero-order valence-electron chi connectivity index (χ0n) is 19.4. The molecule has 3 aromatic carbocycles. The van der Waals surface area contributed by atoms with Gasteiger partial charge in [0.25, 0.3) is 0 Å². The molecule has 0 saturated carbocycles. The van der Waals surface area contributed by atoms with E-state index < -0.39 is 7.26 Å². The minimum atomic E-state index is -1.94. The Balaban J connectivity index is 1.45. The third-order valence-electron chi connectivity index (χ3n) is 6.94. The van der Waals surface area contributed by atoms with Crippen molar-refractivity contribution in [2.75, 3.05) is 19.4 Å². The molecule has 174 valence electrons. The van der Waals surface area contributed by atoms with Gasteiger partial charge in [0.2, 0.25) is 0 Å².